The lowest BCUT2D eigenvalue weighted by Gasteiger charge is -2.21. The first-order chi connectivity index (χ1) is 21.8. The summed E-state index contributed by atoms with van der Waals surface area (Å²) in [4.78, 5) is 0. The lowest BCUT2D eigenvalue weighted by Crippen LogP contribution is -1.96. The summed E-state index contributed by atoms with van der Waals surface area (Å²) in [5.74, 6) is 0. The summed E-state index contributed by atoms with van der Waals surface area (Å²) in [7, 11) is 0. The SMILES string of the molecule is C1=Cc2ccc(-c3c4ccccc4c(-c4cccc5ccccc45)c4ccc(-c5cccc6ccccc56)cc34)cc2CC1. The Balaban J connectivity index is 1.43. The molecule has 44 heavy (non-hydrogen) atoms. The van der Waals surface area contributed by atoms with Crippen molar-refractivity contribution in [3.63, 3.8) is 0 Å². The minimum atomic E-state index is 1.09. The zero-order valence-electron chi connectivity index (χ0n) is 24.4. The van der Waals surface area contributed by atoms with Gasteiger partial charge in [-0.05, 0) is 107 Å². The number of fused-ring (bicyclic) bond motifs is 5. The number of hydrogen-bond donors (Lipinski definition) is 0. The van der Waals surface area contributed by atoms with Crippen molar-refractivity contribution in [3.05, 3.63) is 163 Å². The van der Waals surface area contributed by atoms with Crippen molar-refractivity contribution in [2.75, 3.05) is 0 Å². The maximum Gasteiger partial charge on any atom is -0.00201 e. The summed E-state index contributed by atoms with van der Waals surface area (Å²) in [6.45, 7) is 0. The van der Waals surface area contributed by atoms with Gasteiger partial charge in [-0.15, -0.1) is 0 Å². The highest BCUT2D eigenvalue weighted by molar-refractivity contribution is 6.24. The molecular formula is C44H30. The molecule has 0 aliphatic heterocycles. The van der Waals surface area contributed by atoms with Crippen LogP contribution in [0.1, 0.15) is 17.5 Å². The molecule has 0 spiro atoms. The van der Waals surface area contributed by atoms with Crippen LogP contribution >= 0.6 is 0 Å². The summed E-state index contributed by atoms with van der Waals surface area (Å²) < 4.78 is 0. The molecule has 9 rings (SSSR count). The Bertz CT molecular complexity index is 2430. The van der Waals surface area contributed by atoms with Crippen LogP contribution in [0.25, 0.3) is 82.5 Å². The number of hydrogen-bond acceptors (Lipinski definition) is 0. The Hall–Kier alpha value is -5.46. The number of aryl methyl sites for hydroxylation is 1. The monoisotopic (exact) mass is 558 g/mol. The van der Waals surface area contributed by atoms with Gasteiger partial charge in [-0.1, -0.05) is 152 Å². The fourth-order valence-electron chi connectivity index (χ4n) is 7.46. The van der Waals surface area contributed by atoms with Crippen LogP contribution in [0.5, 0.6) is 0 Å². The standard InChI is InChI=1S/C44H30/c1-2-14-32-27-34(24-23-29(32)11-1)43-39-19-7-8-20-40(39)44(38-22-10-16-31-13-4-6-18-36(31)38)41-26-25-33(28-42(41)43)37-21-9-15-30-12-3-5-17-35(30)37/h1,3-13,15-28H,2,14H2. The fraction of sp³-hybridized carbons (Fsp3) is 0.0455. The second kappa shape index (κ2) is 10.1. The maximum absolute atomic E-state index is 2.45. The molecule has 0 heterocycles. The molecule has 0 saturated carbocycles. The van der Waals surface area contributed by atoms with Crippen LogP contribution in [-0.2, 0) is 6.42 Å². The minimum Gasteiger partial charge on any atom is -0.0836 e. The molecule has 0 fully saturated rings. The van der Waals surface area contributed by atoms with Gasteiger partial charge in [0.25, 0.3) is 0 Å². The molecular weight excluding hydrogens is 528 g/mol. The second-order valence-electron chi connectivity index (χ2n) is 12.0. The first-order valence-electron chi connectivity index (χ1n) is 15.6. The van der Waals surface area contributed by atoms with Crippen molar-refractivity contribution in [2.45, 2.75) is 12.8 Å². The third-order valence-corrected chi connectivity index (χ3v) is 9.49. The van der Waals surface area contributed by atoms with Gasteiger partial charge in [-0.3, -0.25) is 0 Å². The van der Waals surface area contributed by atoms with Gasteiger partial charge in [-0.2, -0.15) is 0 Å². The highest BCUT2D eigenvalue weighted by atomic mass is 14.2. The number of rotatable bonds is 3. The molecule has 0 amide bonds. The van der Waals surface area contributed by atoms with Crippen molar-refractivity contribution < 1.29 is 0 Å². The van der Waals surface area contributed by atoms with Crippen LogP contribution < -0.4 is 0 Å². The van der Waals surface area contributed by atoms with E-state index >= 15 is 0 Å². The van der Waals surface area contributed by atoms with E-state index in [4.69, 9.17) is 0 Å². The van der Waals surface area contributed by atoms with E-state index in [0.717, 1.165) is 12.8 Å². The summed E-state index contributed by atoms with van der Waals surface area (Å²) in [6, 6.07) is 54.1. The van der Waals surface area contributed by atoms with E-state index in [1.807, 2.05) is 0 Å². The van der Waals surface area contributed by atoms with Gasteiger partial charge in [0.1, 0.15) is 0 Å². The molecule has 0 atom stereocenters. The minimum absolute atomic E-state index is 1.09. The van der Waals surface area contributed by atoms with Crippen LogP contribution in [0.3, 0.4) is 0 Å². The van der Waals surface area contributed by atoms with E-state index in [-0.39, 0.29) is 0 Å². The zero-order valence-corrected chi connectivity index (χ0v) is 24.4. The molecule has 0 aromatic heterocycles. The third kappa shape index (κ3) is 3.92. The molecule has 0 N–H and O–H groups in total. The highest BCUT2D eigenvalue weighted by Crippen LogP contribution is 2.47. The van der Waals surface area contributed by atoms with Crippen LogP contribution in [-0.4, -0.2) is 0 Å². The van der Waals surface area contributed by atoms with E-state index < -0.39 is 0 Å². The normalized spacial score (nSPS) is 12.7. The molecule has 0 heteroatoms. The van der Waals surface area contributed by atoms with Gasteiger partial charge >= 0.3 is 0 Å². The molecule has 1 aliphatic carbocycles. The van der Waals surface area contributed by atoms with Crippen LogP contribution in [0, 0.1) is 0 Å². The summed E-state index contributed by atoms with van der Waals surface area (Å²) >= 11 is 0. The van der Waals surface area contributed by atoms with E-state index in [1.54, 1.807) is 0 Å². The van der Waals surface area contributed by atoms with Crippen LogP contribution in [0.15, 0.2) is 152 Å². The Kier molecular flexibility index (Phi) is 5.74. The molecule has 206 valence electrons. The fourth-order valence-corrected chi connectivity index (χ4v) is 7.46. The van der Waals surface area contributed by atoms with Gasteiger partial charge in [0.2, 0.25) is 0 Å². The first kappa shape index (κ1) is 25.1. The Morgan fingerprint density at radius 2 is 0.977 bits per heavy atom. The molecule has 0 unspecified atom stereocenters. The van der Waals surface area contributed by atoms with Crippen molar-refractivity contribution in [2.24, 2.45) is 0 Å². The smallest absolute Gasteiger partial charge is 0.00201 e. The molecule has 8 aromatic rings. The highest BCUT2D eigenvalue weighted by Gasteiger charge is 2.20. The van der Waals surface area contributed by atoms with Gasteiger partial charge < -0.3 is 0 Å². The molecule has 8 aromatic carbocycles. The topological polar surface area (TPSA) is 0 Å². The van der Waals surface area contributed by atoms with Crippen molar-refractivity contribution in [1.29, 1.82) is 0 Å². The van der Waals surface area contributed by atoms with Gasteiger partial charge in [0.05, 0.1) is 0 Å². The lowest BCUT2D eigenvalue weighted by molar-refractivity contribution is 0.986. The average Bonchev–Trinajstić information content (AvgIpc) is 3.09. The molecule has 0 bridgehead atoms. The second-order valence-corrected chi connectivity index (χ2v) is 12.0. The van der Waals surface area contributed by atoms with Gasteiger partial charge in [0.15, 0.2) is 0 Å². The predicted molar refractivity (Wildman–Crippen MR) is 190 cm³/mol. The van der Waals surface area contributed by atoms with Crippen LogP contribution in [0.2, 0.25) is 0 Å². The average molecular weight is 559 g/mol. The third-order valence-electron chi connectivity index (χ3n) is 9.49. The van der Waals surface area contributed by atoms with E-state index in [1.165, 1.54) is 87.6 Å². The first-order valence-corrected chi connectivity index (χ1v) is 15.6. The summed E-state index contributed by atoms with van der Waals surface area (Å²) in [6.07, 6.45) is 6.76. The largest absolute Gasteiger partial charge is 0.0836 e. The number of benzene rings is 8. The summed E-state index contributed by atoms with van der Waals surface area (Å²) in [5.41, 5.74) is 10.5. The molecule has 0 nitrogen and oxygen atoms in total. The Morgan fingerprint density at radius 3 is 1.75 bits per heavy atom. The van der Waals surface area contributed by atoms with Crippen molar-refractivity contribution >= 4 is 49.2 Å². The maximum atomic E-state index is 2.45. The van der Waals surface area contributed by atoms with Crippen molar-refractivity contribution in [3.8, 4) is 33.4 Å². The van der Waals surface area contributed by atoms with Crippen molar-refractivity contribution in [1.82, 2.24) is 0 Å². The predicted octanol–water partition coefficient (Wildman–Crippen LogP) is 12.3. The van der Waals surface area contributed by atoms with Gasteiger partial charge in [-0.25, -0.2) is 0 Å². The molecule has 0 saturated heterocycles. The number of allylic oxidation sites excluding steroid dienone is 1. The van der Waals surface area contributed by atoms with E-state index in [0.29, 0.717) is 0 Å². The lowest BCUT2D eigenvalue weighted by atomic mass is 9.82. The Morgan fingerprint density at radius 1 is 0.386 bits per heavy atom. The summed E-state index contributed by atoms with van der Waals surface area (Å²) in [5, 5.41) is 10.3. The quantitative estimate of drug-likeness (QED) is 0.189. The van der Waals surface area contributed by atoms with E-state index in [2.05, 4.69) is 158 Å². The van der Waals surface area contributed by atoms with Gasteiger partial charge in [0, 0.05) is 0 Å². The zero-order chi connectivity index (χ0) is 29.0. The molecule has 1 aliphatic rings. The Labute approximate surface area is 257 Å². The molecule has 0 radical (unpaired) electrons. The van der Waals surface area contributed by atoms with E-state index in [9.17, 15) is 0 Å². The van der Waals surface area contributed by atoms with Crippen LogP contribution in [0.4, 0.5) is 0 Å².